The topological polar surface area (TPSA) is 29.5 Å². The van der Waals surface area contributed by atoms with Gasteiger partial charge < -0.3 is 4.74 Å². The predicted octanol–water partition coefficient (Wildman–Crippen LogP) is 5.65. The van der Waals surface area contributed by atoms with Crippen LogP contribution in [-0.4, -0.2) is 36.9 Å². The van der Waals surface area contributed by atoms with Gasteiger partial charge in [-0.2, -0.15) is 13.2 Å². The summed E-state index contributed by atoms with van der Waals surface area (Å²) in [6, 6.07) is 12.8. The van der Waals surface area contributed by atoms with Gasteiger partial charge >= 0.3 is 6.18 Å². The summed E-state index contributed by atoms with van der Waals surface area (Å²) in [4.78, 5) is 14.6. The van der Waals surface area contributed by atoms with Crippen molar-refractivity contribution < 1.29 is 22.7 Å². The average molecular weight is 440 g/mol. The van der Waals surface area contributed by atoms with Crippen molar-refractivity contribution in [2.75, 3.05) is 26.2 Å². The molecule has 2 aromatic rings. The van der Waals surface area contributed by atoms with Crippen LogP contribution < -0.4 is 4.74 Å². The summed E-state index contributed by atoms with van der Waals surface area (Å²) in [5, 5.41) is 0.664. The Bertz CT molecular complexity index is 859. The molecule has 3 rings (SSSR count). The van der Waals surface area contributed by atoms with Crippen LogP contribution in [-0.2, 0) is 17.4 Å². The highest BCUT2D eigenvalue weighted by Crippen LogP contribution is 2.37. The van der Waals surface area contributed by atoms with Crippen molar-refractivity contribution in [2.45, 2.75) is 32.4 Å². The first-order valence-corrected chi connectivity index (χ1v) is 10.3. The van der Waals surface area contributed by atoms with Gasteiger partial charge in [-0.3, -0.25) is 9.69 Å². The molecule has 0 aliphatic carbocycles. The van der Waals surface area contributed by atoms with E-state index in [9.17, 15) is 18.0 Å². The van der Waals surface area contributed by atoms with Crippen molar-refractivity contribution in [1.82, 2.24) is 4.90 Å². The van der Waals surface area contributed by atoms with Crippen LogP contribution in [0.15, 0.2) is 48.5 Å². The lowest BCUT2D eigenvalue weighted by molar-refractivity contribution is -0.139. The second-order valence-electron chi connectivity index (χ2n) is 7.82. The first kappa shape index (κ1) is 22.6. The van der Waals surface area contributed by atoms with E-state index >= 15 is 0 Å². The Balaban J connectivity index is 1.55. The standard InChI is InChI=1S/C23H25ClF3NO2/c1-17(29)22(16-18-6-8-19(24)9-7-18)10-12-28(13-11-22)14-15-30-21-5-3-2-4-20(21)23(25,26)27/h2-9H,10-16H2,1H3. The van der Waals surface area contributed by atoms with E-state index in [0.717, 1.165) is 11.6 Å². The molecule has 30 heavy (non-hydrogen) atoms. The van der Waals surface area contributed by atoms with E-state index in [1.807, 2.05) is 24.3 Å². The molecule has 2 aromatic carbocycles. The third-order valence-electron chi connectivity index (χ3n) is 5.87. The van der Waals surface area contributed by atoms with E-state index in [4.69, 9.17) is 16.3 Å². The zero-order valence-electron chi connectivity index (χ0n) is 16.8. The lowest BCUT2D eigenvalue weighted by atomic mass is 9.71. The van der Waals surface area contributed by atoms with Gasteiger partial charge in [0.2, 0.25) is 0 Å². The number of nitrogens with zero attached hydrogens (tertiary/aromatic N) is 1. The fraction of sp³-hybridized carbons (Fsp3) is 0.435. The van der Waals surface area contributed by atoms with Crippen LogP contribution in [0.5, 0.6) is 5.75 Å². The Labute approximate surface area is 179 Å². The van der Waals surface area contributed by atoms with E-state index in [1.165, 1.54) is 18.2 Å². The second kappa shape index (κ2) is 9.40. The van der Waals surface area contributed by atoms with E-state index in [-0.39, 0.29) is 18.1 Å². The number of halogens is 4. The molecule has 1 fully saturated rings. The van der Waals surface area contributed by atoms with Gasteiger partial charge in [0.15, 0.2) is 0 Å². The summed E-state index contributed by atoms with van der Waals surface area (Å²) in [5.41, 5.74) is -0.0917. The van der Waals surface area contributed by atoms with Crippen molar-refractivity contribution in [3.8, 4) is 5.75 Å². The van der Waals surface area contributed by atoms with E-state index in [1.54, 1.807) is 6.92 Å². The molecule has 1 heterocycles. The molecule has 1 aliphatic rings. The van der Waals surface area contributed by atoms with Gasteiger partial charge in [-0.15, -0.1) is 0 Å². The number of alkyl halides is 3. The van der Waals surface area contributed by atoms with Gasteiger partial charge in [0.1, 0.15) is 18.1 Å². The quantitative estimate of drug-likeness (QED) is 0.558. The largest absolute Gasteiger partial charge is 0.492 e. The Morgan fingerprint density at radius 3 is 2.33 bits per heavy atom. The molecule has 0 unspecified atom stereocenters. The minimum absolute atomic E-state index is 0.150. The maximum absolute atomic E-state index is 13.1. The van der Waals surface area contributed by atoms with Crippen LogP contribution in [0.3, 0.4) is 0 Å². The SMILES string of the molecule is CC(=O)C1(Cc2ccc(Cl)cc2)CCN(CCOc2ccccc2C(F)(F)F)CC1. The molecule has 0 N–H and O–H groups in total. The van der Waals surface area contributed by atoms with Crippen molar-refractivity contribution in [2.24, 2.45) is 5.41 Å². The van der Waals surface area contributed by atoms with Crippen LogP contribution in [0.4, 0.5) is 13.2 Å². The Kier molecular flexibility index (Phi) is 7.09. The van der Waals surface area contributed by atoms with Crippen LogP contribution in [0.1, 0.15) is 30.9 Å². The number of para-hydroxylation sites is 1. The number of piperidine rings is 1. The molecule has 0 saturated carbocycles. The molecule has 1 saturated heterocycles. The van der Waals surface area contributed by atoms with Crippen molar-refractivity contribution in [3.05, 3.63) is 64.7 Å². The fourth-order valence-electron chi connectivity index (χ4n) is 3.96. The Morgan fingerprint density at radius 1 is 1.10 bits per heavy atom. The van der Waals surface area contributed by atoms with Gasteiger partial charge in [0.05, 0.1) is 5.56 Å². The van der Waals surface area contributed by atoms with Crippen LogP contribution in [0.25, 0.3) is 0 Å². The second-order valence-corrected chi connectivity index (χ2v) is 8.26. The molecular formula is C23H25ClF3NO2. The zero-order valence-corrected chi connectivity index (χ0v) is 17.6. The van der Waals surface area contributed by atoms with Gasteiger partial charge in [0.25, 0.3) is 0 Å². The number of likely N-dealkylation sites (tertiary alicyclic amines) is 1. The summed E-state index contributed by atoms with van der Waals surface area (Å²) in [6.07, 6.45) is -2.35. The summed E-state index contributed by atoms with van der Waals surface area (Å²) >= 11 is 5.95. The van der Waals surface area contributed by atoms with Gasteiger partial charge in [-0.05, 0) is 69.1 Å². The summed E-state index contributed by atoms with van der Waals surface area (Å²) in [7, 11) is 0. The third-order valence-corrected chi connectivity index (χ3v) is 6.13. The number of rotatable bonds is 7. The highest BCUT2D eigenvalue weighted by Gasteiger charge is 2.39. The number of benzene rings is 2. The van der Waals surface area contributed by atoms with Crippen LogP contribution in [0.2, 0.25) is 5.02 Å². The number of ketones is 1. The smallest absolute Gasteiger partial charge is 0.419 e. The minimum Gasteiger partial charge on any atom is -0.492 e. The van der Waals surface area contributed by atoms with Gasteiger partial charge in [-0.1, -0.05) is 35.9 Å². The third kappa shape index (κ3) is 5.55. The highest BCUT2D eigenvalue weighted by molar-refractivity contribution is 6.30. The molecule has 0 atom stereocenters. The number of carbonyl (C=O) groups is 1. The molecule has 7 heteroatoms. The summed E-state index contributed by atoms with van der Waals surface area (Å²) in [5.74, 6) is 0.0234. The molecule has 0 aromatic heterocycles. The van der Waals surface area contributed by atoms with Gasteiger partial charge in [0, 0.05) is 17.0 Å². The molecule has 1 aliphatic heterocycles. The maximum atomic E-state index is 13.1. The molecular weight excluding hydrogens is 415 g/mol. The Hall–Kier alpha value is -2.05. The lowest BCUT2D eigenvalue weighted by Gasteiger charge is -2.40. The molecule has 162 valence electrons. The van der Waals surface area contributed by atoms with Crippen LogP contribution in [0, 0.1) is 5.41 Å². The minimum atomic E-state index is -4.44. The first-order chi connectivity index (χ1) is 14.2. The average Bonchev–Trinajstić information content (AvgIpc) is 2.70. The van der Waals surface area contributed by atoms with Crippen LogP contribution >= 0.6 is 11.6 Å². The molecule has 3 nitrogen and oxygen atoms in total. The summed E-state index contributed by atoms with van der Waals surface area (Å²) in [6.45, 7) is 3.73. The predicted molar refractivity (Wildman–Crippen MR) is 111 cm³/mol. The van der Waals surface area contributed by atoms with Crippen molar-refractivity contribution in [1.29, 1.82) is 0 Å². The molecule has 0 amide bonds. The maximum Gasteiger partial charge on any atom is 0.419 e. The number of carbonyl (C=O) groups excluding carboxylic acids is 1. The lowest BCUT2D eigenvalue weighted by Crippen LogP contribution is -2.46. The fourth-order valence-corrected chi connectivity index (χ4v) is 4.09. The Morgan fingerprint density at radius 2 is 1.73 bits per heavy atom. The highest BCUT2D eigenvalue weighted by atomic mass is 35.5. The number of ether oxygens (including phenoxy) is 1. The number of hydrogen-bond donors (Lipinski definition) is 0. The normalized spacial score (nSPS) is 17.0. The summed E-state index contributed by atoms with van der Waals surface area (Å²) < 4.78 is 44.6. The zero-order chi connectivity index (χ0) is 21.8. The molecule has 0 spiro atoms. The monoisotopic (exact) mass is 439 g/mol. The van der Waals surface area contributed by atoms with E-state index in [0.29, 0.717) is 43.9 Å². The van der Waals surface area contributed by atoms with Crippen molar-refractivity contribution >= 4 is 17.4 Å². The molecule has 0 bridgehead atoms. The van der Waals surface area contributed by atoms with E-state index < -0.39 is 17.2 Å². The van der Waals surface area contributed by atoms with E-state index in [2.05, 4.69) is 4.90 Å². The van der Waals surface area contributed by atoms with Gasteiger partial charge in [-0.25, -0.2) is 0 Å². The first-order valence-electron chi connectivity index (χ1n) is 9.96. The number of Topliss-reactive ketones (excluding diaryl/α,β-unsaturated/α-hetero) is 1. The molecule has 0 radical (unpaired) electrons. The van der Waals surface area contributed by atoms with Crippen molar-refractivity contribution in [3.63, 3.8) is 0 Å². The number of hydrogen-bond acceptors (Lipinski definition) is 3.